The first-order valence-corrected chi connectivity index (χ1v) is 6.00. The zero-order chi connectivity index (χ0) is 11.6. The van der Waals surface area contributed by atoms with Crippen molar-refractivity contribution in [1.82, 2.24) is 9.03 Å². The number of nitrogens with zero attached hydrogens (tertiary/aromatic N) is 1. The van der Waals surface area contributed by atoms with E-state index in [4.69, 9.17) is 4.42 Å². The van der Waals surface area contributed by atoms with Gasteiger partial charge in [0.15, 0.2) is 0 Å². The minimum Gasteiger partial charge on any atom is -0.468 e. The molecule has 7 nitrogen and oxygen atoms in total. The number of furan rings is 1. The van der Waals surface area contributed by atoms with Crippen LogP contribution in [0.15, 0.2) is 22.8 Å². The second-order valence-corrected chi connectivity index (χ2v) is 4.77. The van der Waals surface area contributed by atoms with Crippen LogP contribution in [0, 0.1) is 0 Å². The highest BCUT2D eigenvalue weighted by Gasteiger charge is 2.33. The Hall–Kier alpha value is -1.54. The maximum Gasteiger partial charge on any atom is 0.424 e. The van der Waals surface area contributed by atoms with Crippen LogP contribution in [0.1, 0.15) is 5.76 Å². The Bertz CT molecular complexity index is 467. The predicted octanol–water partition coefficient (Wildman–Crippen LogP) is 0.0662. The summed E-state index contributed by atoms with van der Waals surface area (Å²) < 4.78 is 35.6. The molecule has 0 atom stereocenters. The largest absolute Gasteiger partial charge is 0.468 e. The number of nitrogens with one attached hydrogen (secondary N) is 1. The summed E-state index contributed by atoms with van der Waals surface area (Å²) in [7, 11) is -3.84. The van der Waals surface area contributed by atoms with E-state index in [2.05, 4.69) is 9.46 Å². The summed E-state index contributed by atoms with van der Waals surface area (Å²) in [5.41, 5.74) is 0. The molecule has 88 valence electrons. The lowest BCUT2D eigenvalue weighted by Gasteiger charge is -2.13. The van der Waals surface area contributed by atoms with Crippen LogP contribution >= 0.6 is 0 Å². The van der Waals surface area contributed by atoms with Crippen molar-refractivity contribution in [3.8, 4) is 0 Å². The molecule has 1 aliphatic rings. The lowest BCUT2D eigenvalue weighted by molar-refractivity contribution is 0.169. The van der Waals surface area contributed by atoms with Gasteiger partial charge in [0.1, 0.15) is 12.4 Å². The number of cyclic esters (lactones) is 1. The molecule has 1 fully saturated rings. The molecular formula is C8H10N2O5S. The quantitative estimate of drug-likeness (QED) is 0.811. The molecule has 1 N–H and O–H groups in total. The number of carbonyl (C=O) groups excluding carboxylic acids is 1. The fraction of sp³-hybridized carbons (Fsp3) is 0.375. The summed E-state index contributed by atoms with van der Waals surface area (Å²) in [4.78, 5) is 11.0. The molecule has 0 radical (unpaired) electrons. The maximum atomic E-state index is 11.6. The molecule has 1 aliphatic heterocycles. The Balaban J connectivity index is 2.00. The molecule has 0 saturated carbocycles. The summed E-state index contributed by atoms with van der Waals surface area (Å²) in [5.74, 6) is 0.469. The number of carbonyl (C=O) groups is 1. The molecule has 0 aliphatic carbocycles. The Morgan fingerprint density at radius 3 is 2.88 bits per heavy atom. The topological polar surface area (TPSA) is 88.8 Å². The SMILES string of the molecule is O=C1OCCN1S(=O)(=O)NCc1ccco1. The smallest absolute Gasteiger partial charge is 0.424 e. The summed E-state index contributed by atoms with van der Waals surface area (Å²) in [6.07, 6.45) is 0.584. The van der Waals surface area contributed by atoms with E-state index in [1.807, 2.05) is 0 Å². The molecule has 1 aromatic heterocycles. The van der Waals surface area contributed by atoms with E-state index in [0.717, 1.165) is 0 Å². The average Bonchev–Trinajstić information content (AvgIpc) is 2.85. The Labute approximate surface area is 92.2 Å². The Morgan fingerprint density at radius 2 is 2.31 bits per heavy atom. The van der Waals surface area contributed by atoms with Gasteiger partial charge < -0.3 is 9.15 Å². The molecule has 0 spiro atoms. The minimum absolute atomic E-state index is 0.000880. The Morgan fingerprint density at radius 1 is 1.50 bits per heavy atom. The normalized spacial score (nSPS) is 16.5. The first-order valence-electron chi connectivity index (χ1n) is 4.56. The third kappa shape index (κ3) is 2.17. The fourth-order valence-corrected chi connectivity index (χ4v) is 2.30. The molecular weight excluding hydrogens is 236 g/mol. The van der Waals surface area contributed by atoms with E-state index >= 15 is 0 Å². The molecule has 1 saturated heterocycles. The highest BCUT2D eigenvalue weighted by molar-refractivity contribution is 7.87. The van der Waals surface area contributed by atoms with Gasteiger partial charge in [-0.15, -0.1) is 0 Å². The summed E-state index contributed by atoms with van der Waals surface area (Å²) in [5, 5.41) is 0. The molecule has 2 rings (SSSR count). The standard InChI is InChI=1S/C8H10N2O5S/c11-8-10(3-5-15-8)16(12,13)9-6-7-2-1-4-14-7/h1-2,4,9H,3,5-6H2. The van der Waals surface area contributed by atoms with Gasteiger partial charge in [0, 0.05) is 0 Å². The van der Waals surface area contributed by atoms with Gasteiger partial charge in [-0.3, -0.25) is 0 Å². The molecule has 0 unspecified atom stereocenters. The van der Waals surface area contributed by atoms with Crippen molar-refractivity contribution in [1.29, 1.82) is 0 Å². The zero-order valence-corrected chi connectivity index (χ0v) is 9.07. The lowest BCUT2D eigenvalue weighted by atomic mass is 10.5. The monoisotopic (exact) mass is 246 g/mol. The number of rotatable bonds is 4. The van der Waals surface area contributed by atoms with Crippen molar-refractivity contribution < 1.29 is 22.4 Å². The molecule has 0 bridgehead atoms. The van der Waals surface area contributed by atoms with Gasteiger partial charge in [0.2, 0.25) is 0 Å². The second kappa shape index (κ2) is 4.14. The predicted molar refractivity (Wildman–Crippen MR) is 52.5 cm³/mol. The van der Waals surface area contributed by atoms with Crippen LogP contribution in [0.3, 0.4) is 0 Å². The lowest BCUT2D eigenvalue weighted by Crippen LogP contribution is -2.40. The first-order chi connectivity index (χ1) is 7.59. The van der Waals surface area contributed by atoms with Crippen LogP contribution in [0.5, 0.6) is 0 Å². The van der Waals surface area contributed by atoms with Gasteiger partial charge in [-0.05, 0) is 12.1 Å². The van der Waals surface area contributed by atoms with Crippen molar-refractivity contribution >= 4 is 16.3 Å². The van der Waals surface area contributed by atoms with Crippen LogP contribution < -0.4 is 4.72 Å². The number of hydrogen-bond donors (Lipinski definition) is 1. The van der Waals surface area contributed by atoms with E-state index in [9.17, 15) is 13.2 Å². The zero-order valence-electron chi connectivity index (χ0n) is 8.25. The number of amides is 1. The molecule has 8 heteroatoms. The van der Waals surface area contributed by atoms with E-state index in [-0.39, 0.29) is 19.7 Å². The highest BCUT2D eigenvalue weighted by atomic mass is 32.2. The average molecular weight is 246 g/mol. The van der Waals surface area contributed by atoms with E-state index in [1.54, 1.807) is 12.1 Å². The van der Waals surface area contributed by atoms with Crippen LogP contribution in [0.2, 0.25) is 0 Å². The van der Waals surface area contributed by atoms with Gasteiger partial charge >= 0.3 is 16.3 Å². The van der Waals surface area contributed by atoms with Crippen molar-refractivity contribution in [3.63, 3.8) is 0 Å². The van der Waals surface area contributed by atoms with Crippen LogP contribution in [-0.2, 0) is 21.5 Å². The third-order valence-corrected chi connectivity index (χ3v) is 3.44. The first kappa shape index (κ1) is 11.0. The summed E-state index contributed by atoms with van der Waals surface area (Å²) in [6.45, 7) is 0.117. The molecule has 1 amide bonds. The highest BCUT2D eigenvalue weighted by Crippen LogP contribution is 2.09. The maximum absolute atomic E-state index is 11.6. The Kier molecular flexibility index (Phi) is 2.84. The number of hydrogen-bond acceptors (Lipinski definition) is 5. The van der Waals surface area contributed by atoms with Crippen LogP contribution in [-0.4, -0.2) is 32.0 Å². The van der Waals surface area contributed by atoms with Crippen LogP contribution in [0.25, 0.3) is 0 Å². The van der Waals surface area contributed by atoms with Gasteiger partial charge in [-0.25, -0.2) is 4.79 Å². The van der Waals surface area contributed by atoms with Gasteiger partial charge in [-0.1, -0.05) is 0 Å². The van der Waals surface area contributed by atoms with E-state index in [1.165, 1.54) is 6.26 Å². The molecule has 16 heavy (non-hydrogen) atoms. The van der Waals surface area contributed by atoms with Crippen LogP contribution in [0.4, 0.5) is 4.79 Å². The van der Waals surface area contributed by atoms with Crippen molar-refractivity contribution in [2.24, 2.45) is 0 Å². The van der Waals surface area contributed by atoms with Gasteiger partial charge in [0.25, 0.3) is 0 Å². The molecule has 2 heterocycles. The number of ether oxygens (including phenoxy) is 1. The second-order valence-electron chi connectivity index (χ2n) is 3.09. The van der Waals surface area contributed by atoms with E-state index in [0.29, 0.717) is 10.1 Å². The van der Waals surface area contributed by atoms with E-state index < -0.39 is 16.3 Å². The van der Waals surface area contributed by atoms with Crippen molar-refractivity contribution in [2.75, 3.05) is 13.2 Å². The summed E-state index contributed by atoms with van der Waals surface area (Å²) in [6, 6.07) is 3.28. The van der Waals surface area contributed by atoms with Gasteiger partial charge in [-0.2, -0.15) is 17.4 Å². The third-order valence-electron chi connectivity index (χ3n) is 2.02. The fourth-order valence-electron chi connectivity index (χ4n) is 1.25. The van der Waals surface area contributed by atoms with Gasteiger partial charge in [0.05, 0.1) is 19.4 Å². The van der Waals surface area contributed by atoms with Crippen molar-refractivity contribution in [2.45, 2.75) is 6.54 Å². The molecule has 1 aromatic rings. The minimum atomic E-state index is -3.84. The van der Waals surface area contributed by atoms with Crippen molar-refractivity contribution in [3.05, 3.63) is 24.2 Å². The molecule has 0 aromatic carbocycles. The summed E-state index contributed by atoms with van der Waals surface area (Å²) >= 11 is 0.